The van der Waals surface area contributed by atoms with Crippen molar-refractivity contribution in [1.29, 1.82) is 0 Å². The van der Waals surface area contributed by atoms with Gasteiger partial charge in [-0.1, -0.05) is 12.1 Å². The molecule has 0 spiro atoms. The number of anilines is 2. The summed E-state index contributed by atoms with van der Waals surface area (Å²) in [5.74, 6) is -1.77. The third-order valence-corrected chi connectivity index (χ3v) is 5.57. The molecule has 0 aliphatic carbocycles. The molecule has 2 aliphatic rings. The first-order chi connectivity index (χ1) is 11.7. The number of nitrogens with zero attached hydrogens (tertiary/aromatic N) is 2. The van der Waals surface area contributed by atoms with E-state index < -0.39 is 22.1 Å². The molecule has 0 aromatic heterocycles. The summed E-state index contributed by atoms with van der Waals surface area (Å²) < 4.78 is 65.1. The van der Waals surface area contributed by atoms with Crippen LogP contribution in [0.3, 0.4) is 0 Å². The zero-order valence-corrected chi connectivity index (χ0v) is 14.4. The molecule has 140 valence electrons. The van der Waals surface area contributed by atoms with Gasteiger partial charge in [-0.2, -0.15) is 13.2 Å². The van der Waals surface area contributed by atoms with E-state index in [0.717, 1.165) is 11.3 Å². The van der Waals surface area contributed by atoms with Crippen LogP contribution in [-0.2, 0) is 16.6 Å². The first kappa shape index (κ1) is 18.2. The highest BCUT2D eigenvalue weighted by atomic mass is 32.2. The predicted octanol–water partition coefficient (Wildman–Crippen LogP) is 0.881. The van der Waals surface area contributed by atoms with E-state index in [9.17, 15) is 21.6 Å². The fraction of sp³-hybridized carbons (Fsp3) is 0.571. The number of benzene rings is 1. The van der Waals surface area contributed by atoms with Crippen molar-refractivity contribution in [2.45, 2.75) is 12.7 Å². The Labute approximate surface area is 144 Å². The lowest BCUT2D eigenvalue weighted by molar-refractivity contribution is -0.167. The number of hydrazine groups is 2. The molecule has 0 radical (unpaired) electrons. The van der Waals surface area contributed by atoms with Gasteiger partial charge in [0.15, 0.2) is 0 Å². The molecule has 2 heterocycles. The lowest BCUT2D eigenvalue weighted by Gasteiger charge is -2.19. The highest BCUT2D eigenvalue weighted by Crippen LogP contribution is 2.33. The van der Waals surface area contributed by atoms with Crippen LogP contribution in [0.5, 0.6) is 0 Å². The fourth-order valence-corrected chi connectivity index (χ4v) is 4.03. The summed E-state index contributed by atoms with van der Waals surface area (Å²) >= 11 is 0. The molecular weight excluding hydrogens is 359 g/mol. The average molecular weight is 379 g/mol. The SMILES string of the molecule is CN1NCc2cccc(NS(=O)(=O)CCN3CC(C(F)(F)F)CN3)c21. The average Bonchev–Trinajstić information content (AvgIpc) is 3.13. The van der Waals surface area contributed by atoms with Gasteiger partial charge in [0.2, 0.25) is 10.0 Å². The van der Waals surface area contributed by atoms with Gasteiger partial charge in [0.1, 0.15) is 0 Å². The molecule has 1 fully saturated rings. The van der Waals surface area contributed by atoms with Crippen LogP contribution < -0.4 is 20.6 Å². The summed E-state index contributed by atoms with van der Waals surface area (Å²) in [5, 5.41) is 3.05. The summed E-state index contributed by atoms with van der Waals surface area (Å²) in [7, 11) is -1.90. The molecule has 1 aromatic carbocycles. The van der Waals surface area contributed by atoms with Crippen molar-refractivity contribution in [3.8, 4) is 0 Å². The van der Waals surface area contributed by atoms with Crippen LogP contribution in [0.1, 0.15) is 5.56 Å². The molecule has 25 heavy (non-hydrogen) atoms. The Bertz CT molecular complexity index is 740. The Kier molecular flexibility index (Phi) is 4.84. The van der Waals surface area contributed by atoms with Crippen molar-refractivity contribution in [2.75, 3.05) is 42.2 Å². The van der Waals surface area contributed by atoms with Gasteiger partial charge >= 0.3 is 6.18 Å². The molecule has 11 heteroatoms. The molecule has 1 atom stereocenters. The smallest absolute Gasteiger partial charge is 0.309 e. The molecule has 2 aliphatic heterocycles. The molecule has 3 rings (SSSR count). The highest BCUT2D eigenvalue weighted by Gasteiger charge is 2.43. The van der Waals surface area contributed by atoms with Crippen LogP contribution in [0.15, 0.2) is 18.2 Å². The maximum absolute atomic E-state index is 12.7. The molecule has 1 saturated heterocycles. The molecule has 1 unspecified atom stereocenters. The largest absolute Gasteiger partial charge is 0.394 e. The minimum absolute atomic E-state index is 0.0228. The monoisotopic (exact) mass is 379 g/mol. The first-order valence-corrected chi connectivity index (χ1v) is 9.46. The van der Waals surface area contributed by atoms with Gasteiger partial charge in [-0.25, -0.2) is 18.9 Å². The number of sulfonamides is 1. The number of hydrogen-bond acceptors (Lipinski definition) is 6. The molecule has 7 nitrogen and oxygen atoms in total. The standard InChI is InChI=1S/C14H20F3N5O2S/c1-21-13-10(7-18-21)3-2-4-12(13)20-25(23,24)6-5-22-9-11(8-19-22)14(15,16)17/h2-4,11,18-20H,5-9H2,1H3. The van der Waals surface area contributed by atoms with Crippen LogP contribution in [0, 0.1) is 5.92 Å². The molecule has 0 amide bonds. The number of hydrogen-bond donors (Lipinski definition) is 3. The number of para-hydroxylation sites is 1. The van der Waals surface area contributed by atoms with Gasteiger partial charge in [-0.3, -0.25) is 10.1 Å². The summed E-state index contributed by atoms with van der Waals surface area (Å²) in [4.78, 5) is 0. The molecule has 3 N–H and O–H groups in total. The van der Waals surface area contributed by atoms with Gasteiger partial charge in [0.25, 0.3) is 0 Å². The molecular formula is C14H20F3N5O2S. The topological polar surface area (TPSA) is 76.7 Å². The molecule has 0 bridgehead atoms. The Morgan fingerprint density at radius 1 is 1.32 bits per heavy atom. The minimum Gasteiger partial charge on any atom is -0.309 e. The molecule has 0 saturated carbocycles. The zero-order valence-electron chi connectivity index (χ0n) is 13.6. The van der Waals surface area contributed by atoms with Crippen LogP contribution in [0.4, 0.5) is 24.5 Å². The van der Waals surface area contributed by atoms with Crippen molar-refractivity contribution in [3.63, 3.8) is 0 Å². The maximum atomic E-state index is 12.7. The van der Waals surface area contributed by atoms with Crippen LogP contribution in [0.25, 0.3) is 0 Å². The van der Waals surface area contributed by atoms with Crippen LogP contribution in [-0.4, -0.2) is 52.0 Å². The van der Waals surface area contributed by atoms with E-state index in [1.807, 2.05) is 6.07 Å². The summed E-state index contributed by atoms with van der Waals surface area (Å²) in [6.07, 6.45) is -4.28. The number of alkyl halides is 3. The van der Waals surface area contributed by atoms with E-state index in [-0.39, 0.29) is 25.4 Å². The van der Waals surface area contributed by atoms with Crippen molar-refractivity contribution >= 4 is 21.4 Å². The third kappa shape index (κ3) is 4.17. The number of rotatable bonds is 5. The van der Waals surface area contributed by atoms with E-state index in [2.05, 4.69) is 15.6 Å². The van der Waals surface area contributed by atoms with Gasteiger partial charge in [0.05, 0.1) is 23.0 Å². The van der Waals surface area contributed by atoms with Gasteiger partial charge in [0, 0.05) is 33.2 Å². The lowest BCUT2D eigenvalue weighted by atomic mass is 10.1. The number of fused-ring (bicyclic) bond motifs is 1. The van der Waals surface area contributed by atoms with Crippen molar-refractivity contribution in [2.24, 2.45) is 5.92 Å². The second-order valence-electron chi connectivity index (χ2n) is 6.17. The summed E-state index contributed by atoms with van der Waals surface area (Å²) in [6.45, 7) is 0.120. The van der Waals surface area contributed by atoms with E-state index in [1.165, 1.54) is 5.01 Å². The first-order valence-electron chi connectivity index (χ1n) is 7.80. The van der Waals surface area contributed by atoms with Crippen molar-refractivity contribution in [1.82, 2.24) is 15.9 Å². The lowest BCUT2D eigenvalue weighted by Crippen LogP contribution is -2.36. The normalized spacial score (nSPS) is 21.6. The van der Waals surface area contributed by atoms with Crippen LogP contribution in [0.2, 0.25) is 0 Å². The summed E-state index contributed by atoms with van der Waals surface area (Å²) in [6, 6.07) is 5.32. The van der Waals surface area contributed by atoms with E-state index >= 15 is 0 Å². The second-order valence-corrected chi connectivity index (χ2v) is 8.02. The maximum Gasteiger partial charge on any atom is 0.394 e. The fourth-order valence-electron chi connectivity index (χ4n) is 2.97. The Morgan fingerprint density at radius 2 is 2.08 bits per heavy atom. The van der Waals surface area contributed by atoms with Gasteiger partial charge < -0.3 is 5.01 Å². The minimum atomic E-state index is -4.28. The third-order valence-electron chi connectivity index (χ3n) is 4.32. The van der Waals surface area contributed by atoms with Gasteiger partial charge in [-0.15, -0.1) is 0 Å². The Hall–Kier alpha value is -1.56. The quantitative estimate of drug-likeness (QED) is 0.705. The van der Waals surface area contributed by atoms with E-state index in [0.29, 0.717) is 12.2 Å². The zero-order chi connectivity index (χ0) is 18.2. The summed E-state index contributed by atoms with van der Waals surface area (Å²) in [5.41, 5.74) is 7.85. The highest BCUT2D eigenvalue weighted by molar-refractivity contribution is 7.92. The predicted molar refractivity (Wildman–Crippen MR) is 88.2 cm³/mol. The Balaban J connectivity index is 1.60. The Morgan fingerprint density at radius 3 is 2.76 bits per heavy atom. The van der Waals surface area contributed by atoms with E-state index in [1.54, 1.807) is 24.2 Å². The van der Waals surface area contributed by atoms with Crippen LogP contribution >= 0.6 is 0 Å². The number of nitrogens with one attached hydrogen (secondary N) is 3. The van der Waals surface area contributed by atoms with Crippen molar-refractivity contribution in [3.05, 3.63) is 23.8 Å². The van der Waals surface area contributed by atoms with E-state index in [4.69, 9.17) is 0 Å². The second kappa shape index (κ2) is 6.63. The van der Waals surface area contributed by atoms with Gasteiger partial charge in [-0.05, 0) is 11.6 Å². The molecule has 1 aromatic rings. The van der Waals surface area contributed by atoms with Crippen molar-refractivity contribution < 1.29 is 21.6 Å². The number of halogens is 3.